The first-order valence-electron chi connectivity index (χ1n) is 6.47. The summed E-state index contributed by atoms with van der Waals surface area (Å²) < 4.78 is 4.94. The number of benzene rings is 1. The average Bonchev–Trinajstić information content (AvgIpc) is 2.72. The molecule has 0 aliphatic heterocycles. The molecule has 1 aromatic carbocycles. The molecule has 5 nitrogen and oxygen atoms in total. The summed E-state index contributed by atoms with van der Waals surface area (Å²) in [7, 11) is 1.87. The van der Waals surface area contributed by atoms with E-state index in [0.717, 1.165) is 19.3 Å². The van der Waals surface area contributed by atoms with Crippen LogP contribution in [-0.2, 0) is 0 Å². The largest absolute Gasteiger partial charge is 0.417 e. The van der Waals surface area contributed by atoms with E-state index in [-0.39, 0.29) is 11.2 Å². The Morgan fingerprint density at radius 3 is 2.89 bits per heavy atom. The molecule has 100 valence electrons. The Bertz CT molecular complexity index is 679. The van der Waals surface area contributed by atoms with Gasteiger partial charge in [0.1, 0.15) is 0 Å². The second kappa shape index (κ2) is 4.35. The number of ketones is 1. The van der Waals surface area contributed by atoms with Gasteiger partial charge in [0.05, 0.1) is 5.52 Å². The summed E-state index contributed by atoms with van der Waals surface area (Å²) in [5.41, 5.74) is 1.43. The summed E-state index contributed by atoms with van der Waals surface area (Å²) in [6.07, 6.45) is 2.94. The third-order valence-electron chi connectivity index (χ3n) is 3.99. The summed E-state index contributed by atoms with van der Waals surface area (Å²) in [6.45, 7) is 0.700. The first kappa shape index (κ1) is 12.2. The summed E-state index contributed by atoms with van der Waals surface area (Å²) in [6, 6.07) is 5.11. The predicted octanol–water partition coefficient (Wildman–Crippen LogP) is 1.69. The molecule has 1 fully saturated rings. The fraction of sp³-hybridized carbons (Fsp3) is 0.429. The smallest absolute Gasteiger partial charge is 0.408 e. The molecular weight excluding hydrogens is 244 g/mol. The van der Waals surface area contributed by atoms with Crippen molar-refractivity contribution < 1.29 is 9.21 Å². The summed E-state index contributed by atoms with van der Waals surface area (Å²) in [4.78, 5) is 26.3. The Morgan fingerprint density at radius 2 is 2.26 bits per heavy atom. The van der Waals surface area contributed by atoms with E-state index in [2.05, 4.69) is 10.3 Å². The normalized spacial score (nSPS) is 17.3. The molecule has 1 saturated carbocycles. The first-order valence-corrected chi connectivity index (χ1v) is 6.47. The quantitative estimate of drug-likeness (QED) is 0.820. The topological polar surface area (TPSA) is 75.1 Å². The number of rotatable bonds is 4. The number of aromatic nitrogens is 1. The van der Waals surface area contributed by atoms with Crippen molar-refractivity contribution in [2.75, 3.05) is 13.6 Å². The molecule has 0 radical (unpaired) electrons. The van der Waals surface area contributed by atoms with Gasteiger partial charge < -0.3 is 9.73 Å². The molecule has 0 bridgehead atoms. The second-order valence-corrected chi connectivity index (χ2v) is 5.22. The van der Waals surface area contributed by atoms with Crippen LogP contribution in [0, 0.1) is 5.41 Å². The minimum Gasteiger partial charge on any atom is -0.408 e. The van der Waals surface area contributed by atoms with Gasteiger partial charge in [0.15, 0.2) is 11.4 Å². The number of nitrogens with one attached hydrogen (secondary N) is 2. The van der Waals surface area contributed by atoms with Crippen LogP contribution in [0.15, 0.2) is 27.4 Å². The highest BCUT2D eigenvalue weighted by Gasteiger charge is 2.43. The number of aromatic amines is 1. The minimum absolute atomic E-state index is 0.150. The van der Waals surface area contributed by atoms with Gasteiger partial charge in [-0.2, -0.15) is 0 Å². The number of Topliss-reactive ketones (excluding diaryl/α,β-unsaturated/α-hetero) is 1. The van der Waals surface area contributed by atoms with Crippen LogP contribution in [0.3, 0.4) is 0 Å². The molecule has 0 saturated heterocycles. The lowest BCUT2D eigenvalue weighted by Crippen LogP contribution is -2.45. The van der Waals surface area contributed by atoms with E-state index in [1.54, 1.807) is 18.2 Å². The molecule has 0 atom stereocenters. The van der Waals surface area contributed by atoms with Gasteiger partial charge in [-0.25, -0.2) is 4.79 Å². The van der Waals surface area contributed by atoms with E-state index in [0.29, 0.717) is 23.2 Å². The van der Waals surface area contributed by atoms with E-state index in [1.807, 2.05) is 7.05 Å². The number of hydrogen-bond donors (Lipinski definition) is 2. The minimum atomic E-state index is -0.492. The number of carbonyl (C=O) groups excluding carboxylic acids is 1. The number of oxazole rings is 1. The van der Waals surface area contributed by atoms with Crippen LogP contribution >= 0.6 is 0 Å². The number of carbonyl (C=O) groups is 1. The fourth-order valence-corrected chi connectivity index (χ4v) is 2.83. The Balaban J connectivity index is 1.98. The molecule has 0 amide bonds. The van der Waals surface area contributed by atoms with E-state index < -0.39 is 5.76 Å². The van der Waals surface area contributed by atoms with Crippen LogP contribution in [-0.4, -0.2) is 24.4 Å². The molecule has 2 N–H and O–H groups in total. The van der Waals surface area contributed by atoms with Crippen molar-refractivity contribution >= 4 is 16.9 Å². The number of fused-ring (bicyclic) bond motifs is 1. The van der Waals surface area contributed by atoms with Gasteiger partial charge in [-0.05, 0) is 38.1 Å². The molecule has 3 rings (SSSR count). The summed E-state index contributed by atoms with van der Waals surface area (Å²) in [5, 5.41) is 3.11. The highest BCUT2D eigenvalue weighted by atomic mass is 16.4. The van der Waals surface area contributed by atoms with Crippen LogP contribution in [0.25, 0.3) is 11.1 Å². The second-order valence-electron chi connectivity index (χ2n) is 5.22. The fourth-order valence-electron chi connectivity index (χ4n) is 2.83. The maximum absolute atomic E-state index is 12.6. The lowest BCUT2D eigenvalue weighted by Gasteiger charge is -2.40. The molecule has 0 spiro atoms. The average molecular weight is 260 g/mol. The maximum atomic E-state index is 12.6. The Morgan fingerprint density at radius 1 is 1.47 bits per heavy atom. The molecule has 2 aromatic rings. The third-order valence-corrected chi connectivity index (χ3v) is 3.99. The zero-order chi connectivity index (χ0) is 13.5. The van der Waals surface area contributed by atoms with Crippen molar-refractivity contribution in [2.24, 2.45) is 5.41 Å². The Hall–Kier alpha value is -1.88. The van der Waals surface area contributed by atoms with Gasteiger partial charge in [0.2, 0.25) is 0 Å². The summed E-state index contributed by atoms with van der Waals surface area (Å²) >= 11 is 0. The Kier molecular flexibility index (Phi) is 2.78. The Labute approximate surface area is 110 Å². The van der Waals surface area contributed by atoms with Gasteiger partial charge in [-0.15, -0.1) is 0 Å². The van der Waals surface area contributed by atoms with E-state index in [1.165, 1.54) is 0 Å². The van der Waals surface area contributed by atoms with E-state index >= 15 is 0 Å². The SMILES string of the molecule is CNCC1(C(=O)c2ccc3oc(=O)[nH]c3c2)CCC1. The van der Waals surface area contributed by atoms with E-state index in [4.69, 9.17) is 4.42 Å². The van der Waals surface area contributed by atoms with Crippen molar-refractivity contribution in [3.05, 3.63) is 34.3 Å². The van der Waals surface area contributed by atoms with E-state index in [9.17, 15) is 9.59 Å². The van der Waals surface area contributed by atoms with Gasteiger partial charge >= 0.3 is 5.76 Å². The molecule has 0 unspecified atom stereocenters. The molecular formula is C14H16N2O3. The molecule has 19 heavy (non-hydrogen) atoms. The van der Waals surface area contributed by atoms with Crippen LogP contribution in [0.1, 0.15) is 29.6 Å². The first-order chi connectivity index (χ1) is 9.14. The van der Waals surface area contributed by atoms with Crippen LogP contribution in [0.2, 0.25) is 0 Å². The third kappa shape index (κ3) is 1.90. The van der Waals surface area contributed by atoms with Crippen molar-refractivity contribution in [2.45, 2.75) is 19.3 Å². The lowest BCUT2D eigenvalue weighted by molar-refractivity contribution is 0.0614. The highest BCUT2D eigenvalue weighted by Crippen LogP contribution is 2.43. The molecule has 1 aliphatic carbocycles. The van der Waals surface area contributed by atoms with Gasteiger partial charge in [0, 0.05) is 17.5 Å². The zero-order valence-electron chi connectivity index (χ0n) is 10.8. The summed E-state index contributed by atoms with van der Waals surface area (Å²) in [5.74, 6) is -0.342. The van der Waals surface area contributed by atoms with Gasteiger partial charge in [0.25, 0.3) is 0 Å². The van der Waals surface area contributed by atoms with Crippen LogP contribution in [0.5, 0.6) is 0 Å². The van der Waals surface area contributed by atoms with Crippen LogP contribution in [0.4, 0.5) is 0 Å². The highest BCUT2D eigenvalue weighted by molar-refractivity contribution is 6.03. The maximum Gasteiger partial charge on any atom is 0.417 e. The zero-order valence-corrected chi connectivity index (χ0v) is 10.8. The monoisotopic (exact) mass is 260 g/mol. The standard InChI is InChI=1S/C14H16N2O3/c1-15-8-14(5-2-6-14)12(17)9-3-4-11-10(7-9)16-13(18)19-11/h3-4,7,15H,2,5-6,8H2,1H3,(H,16,18). The molecule has 5 heteroatoms. The van der Waals surface area contributed by atoms with Crippen molar-refractivity contribution in [1.29, 1.82) is 0 Å². The van der Waals surface area contributed by atoms with Crippen molar-refractivity contribution in [3.8, 4) is 0 Å². The van der Waals surface area contributed by atoms with Gasteiger partial charge in [-0.1, -0.05) is 6.42 Å². The van der Waals surface area contributed by atoms with Gasteiger partial charge in [-0.3, -0.25) is 9.78 Å². The predicted molar refractivity (Wildman–Crippen MR) is 71.4 cm³/mol. The number of hydrogen-bond acceptors (Lipinski definition) is 4. The lowest BCUT2D eigenvalue weighted by atomic mass is 9.64. The molecule has 1 aliphatic rings. The molecule has 1 aromatic heterocycles. The van der Waals surface area contributed by atoms with Crippen LogP contribution < -0.4 is 11.1 Å². The molecule has 1 heterocycles. The van der Waals surface area contributed by atoms with Crippen molar-refractivity contribution in [3.63, 3.8) is 0 Å². The number of H-pyrrole nitrogens is 1. The van der Waals surface area contributed by atoms with Crippen molar-refractivity contribution in [1.82, 2.24) is 10.3 Å².